The van der Waals surface area contributed by atoms with Crippen LogP contribution in [0, 0.1) is 0 Å². The number of rotatable bonds is 7. The lowest BCUT2D eigenvalue weighted by atomic mass is 9.89. The number of fused-ring (bicyclic) bond motifs is 2. The van der Waals surface area contributed by atoms with Crippen LogP contribution in [0.4, 0.5) is 0 Å². The van der Waals surface area contributed by atoms with Gasteiger partial charge >= 0.3 is 0 Å². The standard InChI is InChI=1S/C22H27N3OS2/c1-3-25(4-2)11-12-27-22-23-20(26)19-18(14-28-21(19)24-22)17-10-9-15-7-5-6-8-16(15)13-17/h9-10,13-14H,3-8,11-12H2,1-2H3,(H,23,24,26). The van der Waals surface area contributed by atoms with E-state index < -0.39 is 0 Å². The molecule has 0 saturated carbocycles. The predicted molar refractivity (Wildman–Crippen MR) is 121 cm³/mol. The van der Waals surface area contributed by atoms with Crippen LogP contribution in [0.5, 0.6) is 0 Å². The van der Waals surface area contributed by atoms with Crippen LogP contribution in [0.25, 0.3) is 21.3 Å². The van der Waals surface area contributed by atoms with Gasteiger partial charge in [-0.1, -0.05) is 43.8 Å². The van der Waals surface area contributed by atoms with Gasteiger partial charge in [-0.05, 0) is 55.5 Å². The fourth-order valence-electron chi connectivity index (χ4n) is 3.92. The summed E-state index contributed by atoms with van der Waals surface area (Å²) in [5, 5.41) is 3.54. The number of thiophene rings is 1. The number of hydrogen-bond donors (Lipinski definition) is 1. The summed E-state index contributed by atoms with van der Waals surface area (Å²) in [6, 6.07) is 6.69. The maximum absolute atomic E-state index is 12.8. The van der Waals surface area contributed by atoms with E-state index in [9.17, 15) is 4.79 Å². The van der Waals surface area contributed by atoms with Crippen LogP contribution >= 0.6 is 23.1 Å². The Morgan fingerprint density at radius 1 is 1.18 bits per heavy atom. The summed E-state index contributed by atoms with van der Waals surface area (Å²) in [6.07, 6.45) is 4.87. The van der Waals surface area contributed by atoms with E-state index in [-0.39, 0.29) is 5.56 Å². The third-order valence-electron chi connectivity index (χ3n) is 5.62. The molecule has 0 aliphatic heterocycles. The second-order valence-corrected chi connectivity index (χ2v) is 9.21. The quantitative estimate of drug-likeness (QED) is 0.439. The molecule has 1 aliphatic rings. The monoisotopic (exact) mass is 413 g/mol. The Hall–Kier alpha value is -1.63. The molecule has 0 amide bonds. The van der Waals surface area contributed by atoms with E-state index in [0.29, 0.717) is 0 Å². The van der Waals surface area contributed by atoms with Gasteiger partial charge in [0.05, 0.1) is 5.39 Å². The minimum absolute atomic E-state index is 0.0238. The summed E-state index contributed by atoms with van der Waals surface area (Å²) < 4.78 is 0. The lowest BCUT2D eigenvalue weighted by molar-refractivity contribution is 0.324. The molecule has 148 valence electrons. The number of aromatic amines is 1. The van der Waals surface area contributed by atoms with Crippen LogP contribution < -0.4 is 5.56 Å². The number of H-pyrrole nitrogens is 1. The number of nitrogens with zero attached hydrogens (tertiary/aromatic N) is 2. The van der Waals surface area contributed by atoms with Crippen molar-refractivity contribution < 1.29 is 0 Å². The van der Waals surface area contributed by atoms with Crippen molar-refractivity contribution in [2.24, 2.45) is 0 Å². The van der Waals surface area contributed by atoms with Gasteiger partial charge in [0.15, 0.2) is 5.16 Å². The first kappa shape index (κ1) is 19.7. The van der Waals surface area contributed by atoms with Crippen LogP contribution in [0.3, 0.4) is 0 Å². The van der Waals surface area contributed by atoms with Crippen LogP contribution in [0.15, 0.2) is 33.5 Å². The lowest BCUT2D eigenvalue weighted by Gasteiger charge is -2.17. The first-order valence-corrected chi connectivity index (χ1v) is 12.0. The van der Waals surface area contributed by atoms with Crippen molar-refractivity contribution >= 4 is 33.3 Å². The zero-order valence-corrected chi connectivity index (χ0v) is 18.2. The molecule has 1 N–H and O–H groups in total. The zero-order chi connectivity index (χ0) is 19.5. The van der Waals surface area contributed by atoms with Crippen LogP contribution in [0.1, 0.15) is 37.8 Å². The van der Waals surface area contributed by atoms with Gasteiger partial charge in [-0.2, -0.15) is 0 Å². The Kier molecular flexibility index (Phi) is 6.19. The van der Waals surface area contributed by atoms with E-state index in [0.717, 1.165) is 58.3 Å². The van der Waals surface area contributed by atoms with Gasteiger partial charge in [0.2, 0.25) is 0 Å². The van der Waals surface area contributed by atoms with E-state index in [1.807, 2.05) is 0 Å². The van der Waals surface area contributed by atoms with Gasteiger partial charge in [0, 0.05) is 23.2 Å². The topological polar surface area (TPSA) is 49.0 Å². The Morgan fingerprint density at radius 3 is 2.75 bits per heavy atom. The molecule has 0 radical (unpaired) electrons. The normalized spacial score (nSPS) is 14.0. The molecule has 0 spiro atoms. The maximum Gasteiger partial charge on any atom is 0.260 e. The molecule has 28 heavy (non-hydrogen) atoms. The van der Waals surface area contributed by atoms with Crippen molar-refractivity contribution in [3.05, 3.63) is 45.1 Å². The van der Waals surface area contributed by atoms with Crippen LogP contribution in [0.2, 0.25) is 0 Å². The second-order valence-electron chi connectivity index (χ2n) is 7.27. The highest BCUT2D eigenvalue weighted by atomic mass is 32.2. The van der Waals surface area contributed by atoms with Crippen molar-refractivity contribution in [1.29, 1.82) is 0 Å². The molecule has 2 heterocycles. The summed E-state index contributed by atoms with van der Waals surface area (Å²) in [5.41, 5.74) is 5.04. The molecule has 4 rings (SSSR count). The van der Waals surface area contributed by atoms with Gasteiger partial charge in [-0.25, -0.2) is 4.98 Å². The van der Waals surface area contributed by atoms with Crippen molar-refractivity contribution in [3.8, 4) is 11.1 Å². The van der Waals surface area contributed by atoms with Crippen LogP contribution in [-0.2, 0) is 12.8 Å². The minimum atomic E-state index is -0.0238. The van der Waals surface area contributed by atoms with Crippen molar-refractivity contribution in [1.82, 2.24) is 14.9 Å². The summed E-state index contributed by atoms with van der Waals surface area (Å²) in [7, 11) is 0. The number of thioether (sulfide) groups is 1. The first-order chi connectivity index (χ1) is 13.7. The number of benzene rings is 1. The second kappa shape index (κ2) is 8.80. The molecule has 4 nitrogen and oxygen atoms in total. The fourth-order valence-corrected chi connectivity index (χ4v) is 5.79. The molecule has 0 saturated heterocycles. The van der Waals surface area contributed by atoms with Crippen LogP contribution in [-0.4, -0.2) is 40.3 Å². The van der Waals surface area contributed by atoms with Gasteiger partial charge in [0.1, 0.15) is 4.83 Å². The zero-order valence-electron chi connectivity index (χ0n) is 16.6. The van der Waals surface area contributed by atoms with Gasteiger partial charge in [-0.15, -0.1) is 11.3 Å². The third-order valence-corrected chi connectivity index (χ3v) is 7.35. The number of aryl methyl sites for hydroxylation is 2. The molecular weight excluding hydrogens is 386 g/mol. The van der Waals surface area contributed by atoms with E-state index in [1.54, 1.807) is 23.1 Å². The minimum Gasteiger partial charge on any atom is -0.303 e. The van der Waals surface area contributed by atoms with Crippen molar-refractivity contribution in [2.45, 2.75) is 44.7 Å². The Morgan fingerprint density at radius 2 is 1.96 bits per heavy atom. The summed E-state index contributed by atoms with van der Waals surface area (Å²) in [5.74, 6) is 0.930. The lowest BCUT2D eigenvalue weighted by Crippen LogP contribution is -2.25. The average Bonchev–Trinajstić information content (AvgIpc) is 3.15. The molecule has 0 unspecified atom stereocenters. The van der Waals surface area contributed by atoms with E-state index >= 15 is 0 Å². The summed E-state index contributed by atoms with van der Waals surface area (Å²) >= 11 is 3.20. The Bertz CT molecular complexity index is 1020. The maximum atomic E-state index is 12.8. The molecule has 6 heteroatoms. The highest BCUT2D eigenvalue weighted by Crippen LogP contribution is 2.34. The highest BCUT2D eigenvalue weighted by Gasteiger charge is 2.16. The summed E-state index contributed by atoms with van der Waals surface area (Å²) in [6.45, 7) is 7.46. The van der Waals surface area contributed by atoms with Gasteiger partial charge in [0.25, 0.3) is 5.56 Å². The summed E-state index contributed by atoms with van der Waals surface area (Å²) in [4.78, 5) is 23.8. The predicted octanol–water partition coefficient (Wildman–Crippen LogP) is 4.96. The molecular formula is C22H27N3OS2. The van der Waals surface area contributed by atoms with E-state index in [2.05, 4.69) is 47.3 Å². The van der Waals surface area contributed by atoms with Crippen molar-refractivity contribution in [2.75, 3.05) is 25.4 Å². The number of hydrogen-bond acceptors (Lipinski definition) is 5. The Labute approximate surface area is 174 Å². The molecule has 3 aromatic rings. The van der Waals surface area contributed by atoms with Gasteiger partial charge in [-0.3, -0.25) is 4.79 Å². The smallest absolute Gasteiger partial charge is 0.260 e. The van der Waals surface area contributed by atoms with E-state index in [4.69, 9.17) is 4.98 Å². The molecule has 1 aliphatic carbocycles. The number of nitrogens with one attached hydrogen (secondary N) is 1. The largest absolute Gasteiger partial charge is 0.303 e. The molecule has 2 aromatic heterocycles. The molecule has 0 fully saturated rings. The number of aromatic nitrogens is 2. The molecule has 0 bridgehead atoms. The van der Waals surface area contributed by atoms with Crippen molar-refractivity contribution in [3.63, 3.8) is 0 Å². The highest BCUT2D eigenvalue weighted by molar-refractivity contribution is 7.99. The SMILES string of the molecule is CCN(CC)CCSc1nc2scc(-c3ccc4c(c3)CCCC4)c2c(=O)[nH]1. The molecule has 1 aromatic carbocycles. The first-order valence-electron chi connectivity index (χ1n) is 10.2. The third kappa shape index (κ3) is 4.04. The van der Waals surface area contributed by atoms with E-state index in [1.165, 1.54) is 30.4 Å². The Balaban J connectivity index is 1.59. The fraction of sp³-hybridized carbons (Fsp3) is 0.455. The molecule has 0 atom stereocenters. The van der Waals surface area contributed by atoms with Gasteiger partial charge < -0.3 is 9.88 Å². The average molecular weight is 414 g/mol.